The van der Waals surface area contributed by atoms with Crippen LogP contribution in [0.2, 0.25) is 0 Å². The first-order valence-electron chi connectivity index (χ1n) is 8.50. The lowest BCUT2D eigenvalue weighted by Crippen LogP contribution is -2.58. The molecule has 0 saturated carbocycles. The second-order valence-corrected chi connectivity index (χ2v) is 6.93. The van der Waals surface area contributed by atoms with E-state index in [4.69, 9.17) is 0 Å². The highest BCUT2D eigenvalue weighted by molar-refractivity contribution is 5.91. The largest absolute Gasteiger partial charge is 0.342 e. The first kappa shape index (κ1) is 16.8. The number of aromatic nitrogens is 3. The number of nitrogens with zero attached hydrogens (tertiary/aromatic N) is 5. The van der Waals surface area contributed by atoms with Gasteiger partial charge in [0.1, 0.15) is 5.69 Å². The van der Waals surface area contributed by atoms with E-state index in [1.165, 1.54) is 6.92 Å². The van der Waals surface area contributed by atoms with E-state index in [1.807, 2.05) is 7.05 Å². The molecule has 1 unspecified atom stereocenters. The summed E-state index contributed by atoms with van der Waals surface area (Å²) in [4.78, 5) is 28.1. The summed E-state index contributed by atoms with van der Waals surface area (Å²) < 4.78 is 1.75. The third-order valence-corrected chi connectivity index (χ3v) is 5.27. The van der Waals surface area contributed by atoms with Gasteiger partial charge in [0.15, 0.2) is 5.78 Å². The maximum Gasteiger partial charge on any atom is 0.227 e. The number of rotatable bonds is 6. The summed E-state index contributed by atoms with van der Waals surface area (Å²) in [6.07, 6.45) is 5.55. The molecule has 3 saturated heterocycles. The molecule has 3 fully saturated rings. The molecule has 7 heteroatoms. The van der Waals surface area contributed by atoms with E-state index in [-0.39, 0.29) is 17.6 Å². The molecule has 0 radical (unpaired) electrons. The summed E-state index contributed by atoms with van der Waals surface area (Å²) in [5.41, 5.74) is 0.407. The predicted octanol–water partition coefficient (Wildman–Crippen LogP) is 0.835. The van der Waals surface area contributed by atoms with E-state index in [2.05, 4.69) is 21.8 Å². The molecule has 3 aliphatic rings. The number of hydrogen-bond acceptors (Lipinski definition) is 5. The number of ketones is 1. The van der Waals surface area contributed by atoms with Gasteiger partial charge in [-0.05, 0) is 25.3 Å². The van der Waals surface area contributed by atoms with Gasteiger partial charge < -0.3 is 4.90 Å². The molecule has 2 bridgehead atoms. The van der Waals surface area contributed by atoms with Crippen LogP contribution in [0.15, 0.2) is 18.9 Å². The Bertz CT molecular complexity index is 641. The van der Waals surface area contributed by atoms with E-state index in [0.717, 1.165) is 32.5 Å². The van der Waals surface area contributed by atoms with Crippen molar-refractivity contribution in [1.29, 1.82) is 0 Å². The molecule has 0 aliphatic carbocycles. The number of hydrogen-bond donors (Lipinski definition) is 0. The highest BCUT2D eigenvalue weighted by atomic mass is 16.2. The maximum absolute atomic E-state index is 12.6. The van der Waals surface area contributed by atoms with Crippen LogP contribution in [0.3, 0.4) is 0 Å². The summed E-state index contributed by atoms with van der Waals surface area (Å²) in [6.45, 7) is 8.36. The van der Waals surface area contributed by atoms with Crippen molar-refractivity contribution < 1.29 is 9.59 Å². The molecule has 4 rings (SSSR count). The molecule has 1 aromatic heterocycles. The highest BCUT2D eigenvalue weighted by Gasteiger charge is 2.43. The van der Waals surface area contributed by atoms with Crippen LogP contribution < -0.4 is 0 Å². The molecule has 0 aromatic carbocycles. The minimum atomic E-state index is -0.0670. The normalized spacial score (nSPS) is 28.6. The van der Waals surface area contributed by atoms with Gasteiger partial charge in [-0.3, -0.25) is 19.2 Å². The zero-order chi connectivity index (χ0) is 17.3. The average Bonchev–Trinajstić information content (AvgIpc) is 3.04. The van der Waals surface area contributed by atoms with Crippen molar-refractivity contribution in [3.8, 4) is 0 Å². The van der Waals surface area contributed by atoms with Crippen LogP contribution in [-0.4, -0.2) is 69.2 Å². The fraction of sp³-hybridized carbons (Fsp3) is 0.647. The van der Waals surface area contributed by atoms with E-state index < -0.39 is 0 Å². The van der Waals surface area contributed by atoms with Crippen molar-refractivity contribution in [2.24, 2.45) is 11.8 Å². The van der Waals surface area contributed by atoms with Crippen molar-refractivity contribution in [1.82, 2.24) is 24.8 Å². The number of carbonyl (C=O) groups excluding carboxylic acids is 2. The van der Waals surface area contributed by atoms with Crippen LogP contribution in [0.4, 0.5) is 0 Å². The molecular weight excluding hydrogens is 306 g/mol. The zero-order valence-electron chi connectivity index (χ0n) is 14.4. The van der Waals surface area contributed by atoms with Gasteiger partial charge in [0.2, 0.25) is 5.91 Å². The van der Waals surface area contributed by atoms with E-state index in [1.54, 1.807) is 21.9 Å². The fourth-order valence-electron chi connectivity index (χ4n) is 3.94. The zero-order valence-corrected chi connectivity index (χ0v) is 14.4. The lowest BCUT2D eigenvalue weighted by atomic mass is 9.75. The van der Waals surface area contributed by atoms with Gasteiger partial charge in [-0.25, -0.2) is 0 Å². The number of Topliss-reactive ketones (excluding diaryl/α,β-unsaturated/α-hetero) is 1. The van der Waals surface area contributed by atoms with E-state index >= 15 is 0 Å². The molecule has 7 nitrogen and oxygen atoms in total. The molecule has 130 valence electrons. The summed E-state index contributed by atoms with van der Waals surface area (Å²) in [5.74, 6) is 0.671. The van der Waals surface area contributed by atoms with Gasteiger partial charge >= 0.3 is 0 Å². The Kier molecular flexibility index (Phi) is 4.80. The number of likely N-dealkylation sites (N-methyl/N-ethyl adjacent to an activating group) is 1. The van der Waals surface area contributed by atoms with Crippen LogP contribution in [0, 0.1) is 11.8 Å². The monoisotopic (exact) mass is 331 g/mol. The summed E-state index contributed by atoms with van der Waals surface area (Å²) >= 11 is 0. The first-order valence-corrected chi connectivity index (χ1v) is 8.50. The first-order chi connectivity index (χ1) is 11.5. The fourth-order valence-corrected chi connectivity index (χ4v) is 3.94. The lowest BCUT2D eigenvalue weighted by Gasteiger charge is -2.49. The number of amides is 1. The minimum Gasteiger partial charge on any atom is -0.342 e. The second-order valence-electron chi connectivity index (χ2n) is 6.93. The van der Waals surface area contributed by atoms with Crippen molar-refractivity contribution in [2.45, 2.75) is 32.4 Å². The Labute approximate surface area is 142 Å². The highest BCUT2D eigenvalue weighted by Crippen LogP contribution is 2.37. The Morgan fingerprint density at radius 3 is 2.88 bits per heavy atom. The van der Waals surface area contributed by atoms with Gasteiger partial charge in [-0.2, -0.15) is 0 Å². The van der Waals surface area contributed by atoms with Gasteiger partial charge in [0.05, 0.1) is 18.7 Å². The predicted molar refractivity (Wildman–Crippen MR) is 89.4 cm³/mol. The standard InChI is InChI=1S/C17H25N5O2/c1-4-6-20(3)17(24)15-10-21-7-5-13(15)8-14(21)9-22-11-16(12(2)23)18-19-22/h4,11,13-15H,1,5-10H2,2-3H3/t13-,14-,15+/m1/s1. The molecule has 0 N–H and O–H groups in total. The van der Waals surface area contributed by atoms with Crippen LogP contribution in [-0.2, 0) is 11.3 Å². The molecule has 1 aromatic rings. The molecular formula is C17H25N5O2. The van der Waals surface area contributed by atoms with Crippen LogP contribution in [0.25, 0.3) is 0 Å². The minimum absolute atomic E-state index is 0.0670. The lowest BCUT2D eigenvalue weighted by molar-refractivity contribution is -0.142. The summed E-state index contributed by atoms with van der Waals surface area (Å²) in [7, 11) is 1.85. The second kappa shape index (κ2) is 6.84. The third-order valence-electron chi connectivity index (χ3n) is 5.27. The third kappa shape index (κ3) is 3.26. The van der Waals surface area contributed by atoms with Gasteiger partial charge in [0, 0.05) is 33.1 Å². The molecule has 4 atom stereocenters. The Morgan fingerprint density at radius 2 is 2.29 bits per heavy atom. The smallest absolute Gasteiger partial charge is 0.227 e. The number of carbonyl (C=O) groups is 2. The molecule has 1 amide bonds. The summed E-state index contributed by atoms with van der Waals surface area (Å²) in [6, 6.07) is 0.360. The maximum atomic E-state index is 12.6. The SMILES string of the molecule is C=CCN(C)C(=O)[C@H]1CN2CC[C@@H]1C[C@@H]2Cn1cc(C(C)=O)nn1. The van der Waals surface area contributed by atoms with Gasteiger partial charge in [-0.1, -0.05) is 11.3 Å². The average molecular weight is 331 g/mol. The summed E-state index contributed by atoms with van der Waals surface area (Å²) in [5, 5.41) is 7.96. The van der Waals surface area contributed by atoms with Crippen LogP contribution in [0.1, 0.15) is 30.3 Å². The van der Waals surface area contributed by atoms with Crippen LogP contribution in [0.5, 0.6) is 0 Å². The van der Waals surface area contributed by atoms with Gasteiger partial charge in [0.25, 0.3) is 0 Å². The quantitative estimate of drug-likeness (QED) is 0.570. The van der Waals surface area contributed by atoms with E-state index in [0.29, 0.717) is 24.2 Å². The van der Waals surface area contributed by atoms with Crippen molar-refractivity contribution in [2.75, 3.05) is 26.7 Å². The molecule has 3 aliphatic heterocycles. The van der Waals surface area contributed by atoms with E-state index in [9.17, 15) is 9.59 Å². The van der Waals surface area contributed by atoms with Gasteiger partial charge in [-0.15, -0.1) is 11.7 Å². The molecule has 4 heterocycles. The molecule has 24 heavy (non-hydrogen) atoms. The Morgan fingerprint density at radius 1 is 1.50 bits per heavy atom. The van der Waals surface area contributed by atoms with Crippen molar-refractivity contribution in [3.63, 3.8) is 0 Å². The Hall–Kier alpha value is -2.02. The topological polar surface area (TPSA) is 71.3 Å². The van der Waals surface area contributed by atoms with Crippen LogP contribution >= 0.6 is 0 Å². The van der Waals surface area contributed by atoms with Crippen molar-refractivity contribution in [3.05, 3.63) is 24.5 Å². The molecule has 0 spiro atoms. The van der Waals surface area contributed by atoms with Crippen molar-refractivity contribution >= 4 is 11.7 Å². The number of fused-ring (bicyclic) bond motifs is 3. The number of piperidine rings is 3. The Balaban J connectivity index is 1.63.